The Bertz CT molecular complexity index is 187. The third kappa shape index (κ3) is 1.23. The molecule has 2 fully saturated rings. The zero-order valence-electron chi connectivity index (χ0n) is 9.19. The van der Waals surface area contributed by atoms with Crippen LogP contribution in [0.3, 0.4) is 0 Å². The summed E-state index contributed by atoms with van der Waals surface area (Å²) >= 11 is 0. The first-order valence-corrected chi connectivity index (χ1v) is 5.50. The molecule has 2 saturated heterocycles. The second-order valence-electron chi connectivity index (χ2n) is 5.26. The standard InChI is InChI=1S/C11H22N2/c1-10(2)11(6-9-13(10)3)4-7-12-8-5-11/h12H,4-9H2,1-3H3. The van der Waals surface area contributed by atoms with Crippen molar-refractivity contribution in [1.82, 2.24) is 10.2 Å². The van der Waals surface area contributed by atoms with E-state index in [0.29, 0.717) is 11.0 Å². The minimum atomic E-state index is 0.412. The monoisotopic (exact) mass is 182 g/mol. The Morgan fingerprint density at radius 2 is 1.69 bits per heavy atom. The highest BCUT2D eigenvalue weighted by Gasteiger charge is 2.51. The lowest BCUT2D eigenvalue weighted by atomic mass is 9.66. The van der Waals surface area contributed by atoms with Crippen LogP contribution in [-0.4, -0.2) is 37.1 Å². The van der Waals surface area contributed by atoms with Gasteiger partial charge in [-0.25, -0.2) is 0 Å². The Morgan fingerprint density at radius 3 is 2.15 bits per heavy atom. The van der Waals surface area contributed by atoms with E-state index in [1.54, 1.807) is 0 Å². The van der Waals surface area contributed by atoms with Crippen LogP contribution < -0.4 is 5.32 Å². The second-order valence-corrected chi connectivity index (χ2v) is 5.26. The number of hydrogen-bond donors (Lipinski definition) is 1. The lowest BCUT2D eigenvalue weighted by molar-refractivity contribution is 0.0561. The van der Waals surface area contributed by atoms with Crippen LogP contribution in [-0.2, 0) is 0 Å². The van der Waals surface area contributed by atoms with Gasteiger partial charge in [0.25, 0.3) is 0 Å². The smallest absolute Gasteiger partial charge is 0.0207 e. The number of nitrogens with one attached hydrogen (secondary N) is 1. The summed E-state index contributed by atoms with van der Waals surface area (Å²) in [5, 5.41) is 3.47. The van der Waals surface area contributed by atoms with E-state index in [4.69, 9.17) is 0 Å². The van der Waals surface area contributed by atoms with E-state index in [0.717, 1.165) is 0 Å². The zero-order chi connectivity index (χ0) is 9.53. The highest BCUT2D eigenvalue weighted by atomic mass is 15.2. The summed E-state index contributed by atoms with van der Waals surface area (Å²) in [6.07, 6.45) is 4.13. The quantitative estimate of drug-likeness (QED) is 0.610. The van der Waals surface area contributed by atoms with Crippen molar-refractivity contribution in [2.24, 2.45) is 5.41 Å². The summed E-state index contributed by atoms with van der Waals surface area (Å²) in [6.45, 7) is 8.57. The maximum absolute atomic E-state index is 3.47. The van der Waals surface area contributed by atoms with Gasteiger partial charge in [-0.2, -0.15) is 0 Å². The van der Waals surface area contributed by atoms with Crippen molar-refractivity contribution >= 4 is 0 Å². The lowest BCUT2D eigenvalue weighted by Gasteiger charge is -2.47. The molecule has 2 heterocycles. The SMILES string of the molecule is CN1CCC2(CCNCC2)C1(C)C. The highest BCUT2D eigenvalue weighted by molar-refractivity contribution is 5.06. The molecular weight excluding hydrogens is 160 g/mol. The van der Waals surface area contributed by atoms with Gasteiger partial charge in [0.2, 0.25) is 0 Å². The van der Waals surface area contributed by atoms with Gasteiger partial charge in [-0.1, -0.05) is 0 Å². The van der Waals surface area contributed by atoms with Crippen molar-refractivity contribution in [3.05, 3.63) is 0 Å². The highest BCUT2D eigenvalue weighted by Crippen LogP contribution is 2.50. The van der Waals surface area contributed by atoms with Gasteiger partial charge in [-0.3, -0.25) is 0 Å². The van der Waals surface area contributed by atoms with Crippen molar-refractivity contribution in [3.8, 4) is 0 Å². The number of hydrogen-bond acceptors (Lipinski definition) is 2. The molecule has 2 rings (SSSR count). The Morgan fingerprint density at radius 1 is 1.08 bits per heavy atom. The molecule has 2 heteroatoms. The molecule has 0 aliphatic carbocycles. The third-order valence-electron chi connectivity index (χ3n) is 4.74. The molecule has 2 aliphatic heterocycles. The maximum atomic E-state index is 3.47. The molecule has 13 heavy (non-hydrogen) atoms. The number of piperidine rings is 1. The second kappa shape index (κ2) is 2.96. The van der Waals surface area contributed by atoms with Gasteiger partial charge in [0.15, 0.2) is 0 Å². The molecule has 2 nitrogen and oxygen atoms in total. The summed E-state index contributed by atoms with van der Waals surface area (Å²) in [5.41, 5.74) is 1.02. The molecule has 76 valence electrons. The van der Waals surface area contributed by atoms with Gasteiger partial charge >= 0.3 is 0 Å². The van der Waals surface area contributed by atoms with Crippen LogP contribution in [0.25, 0.3) is 0 Å². The molecule has 0 radical (unpaired) electrons. The van der Waals surface area contributed by atoms with Crippen LogP contribution in [0, 0.1) is 5.41 Å². The van der Waals surface area contributed by atoms with Crippen LogP contribution in [0.1, 0.15) is 33.1 Å². The topological polar surface area (TPSA) is 15.3 Å². The van der Waals surface area contributed by atoms with Gasteiger partial charge < -0.3 is 10.2 Å². The molecule has 0 atom stereocenters. The molecule has 0 saturated carbocycles. The van der Waals surface area contributed by atoms with Crippen molar-refractivity contribution < 1.29 is 0 Å². The summed E-state index contributed by atoms with van der Waals surface area (Å²) in [7, 11) is 2.27. The summed E-state index contributed by atoms with van der Waals surface area (Å²) in [6, 6.07) is 0. The fraction of sp³-hybridized carbons (Fsp3) is 1.00. The average molecular weight is 182 g/mol. The van der Waals surface area contributed by atoms with E-state index in [1.807, 2.05) is 0 Å². The number of rotatable bonds is 0. The normalized spacial score (nSPS) is 32.5. The molecule has 0 amide bonds. The van der Waals surface area contributed by atoms with Crippen molar-refractivity contribution in [1.29, 1.82) is 0 Å². The van der Waals surface area contributed by atoms with Gasteiger partial charge in [0.05, 0.1) is 0 Å². The summed E-state index contributed by atoms with van der Waals surface area (Å²) in [5.74, 6) is 0. The molecule has 0 bridgehead atoms. The van der Waals surface area contributed by atoms with Gasteiger partial charge in [-0.05, 0) is 65.2 Å². The van der Waals surface area contributed by atoms with Crippen LogP contribution >= 0.6 is 0 Å². The minimum Gasteiger partial charge on any atom is -0.317 e. The predicted molar refractivity (Wildman–Crippen MR) is 55.9 cm³/mol. The van der Waals surface area contributed by atoms with Crippen LogP contribution in [0.5, 0.6) is 0 Å². The predicted octanol–water partition coefficient (Wildman–Crippen LogP) is 1.47. The van der Waals surface area contributed by atoms with E-state index >= 15 is 0 Å². The van der Waals surface area contributed by atoms with Crippen LogP contribution in [0.2, 0.25) is 0 Å². The molecular formula is C11H22N2. The van der Waals surface area contributed by atoms with Crippen molar-refractivity contribution in [2.45, 2.75) is 38.6 Å². The first-order valence-electron chi connectivity index (χ1n) is 5.50. The lowest BCUT2D eigenvalue weighted by Crippen LogP contribution is -2.51. The van der Waals surface area contributed by atoms with E-state index in [1.165, 1.54) is 38.9 Å². The first-order chi connectivity index (χ1) is 6.08. The third-order valence-corrected chi connectivity index (χ3v) is 4.74. The van der Waals surface area contributed by atoms with E-state index in [2.05, 4.69) is 31.1 Å². The Balaban J connectivity index is 2.21. The summed E-state index contributed by atoms with van der Waals surface area (Å²) < 4.78 is 0. The molecule has 0 aromatic rings. The maximum Gasteiger partial charge on any atom is 0.0207 e. The molecule has 0 aromatic heterocycles. The molecule has 1 N–H and O–H groups in total. The van der Waals surface area contributed by atoms with Gasteiger partial charge in [-0.15, -0.1) is 0 Å². The summed E-state index contributed by atoms with van der Waals surface area (Å²) in [4.78, 5) is 2.54. The van der Waals surface area contributed by atoms with E-state index < -0.39 is 0 Å². The fourth-order valence-electron chi connectivity index (χ4n) is 3.14. The Kier molecular flexibility index (Phi) is 2.16. The van der Waals surface area contributed by atoms with Crippen LogP contribution in [0.4, 0.5) is 0 Å². The van der Waals surface area contributed by atoms with Gasteiger partial charge in [0, 0.05) is 5.54 Å². The van der Waals surface area contributed by atoms with E-state index in [9.17, 15) is 0 Å². The molecule has 0 aromatic carbocycles. The van der Waals surface area contributed by atoms with Crippen LogP contribution in [0.15, 0.2) is 0 Å². The van der Waals surface area contributed by atoms with Crippen molar-refractivity contribution in [2.75, 3.05) is 26.7 Å². The van der Waals surface area contributed by atoms with Gasteiger partial charge in [0.1, 0.15) is 0 Å². The van der Waals surface area contributed by atoms with E-state index in [-0.39, 0.29) is 0 Å². The number of likely N-dealkylation sites (tertiary alicyclic amines) is 1. The van der Waals surface area contributed by atoms with Crippen molar-refractivity contribution in [3.63, 3.8) is 0 Å². The molecule has 2 aliphatic rings. The fourth-order valence-corrected chi connectivity index (χ4v) is 3.14. The zero-order valence-corrected chi connectivity index (χ0v) is 9.19. The largest absolute Gasteiger partial charge is 0.317 e. The minimum absolute atomic E-state index is 0.412. The molecule has 1 spiro atoms. The Labute approximate surface area is 81.7 Å². The first kappa shape index (κ1) is 9.47. The molecule has 0 unspecified atom stereocenters. The average Bonchev–Trinajstić information content (AvgIpc) is 2.33. The number of nitrogens with zero attached hydrogens (tertiary/aromatic N) is 1. The Hall–Kier alpha value is -0.0800.